The van der Waals surface area contributed by atoms with E-state index in [1.54, 1.807) is 6.07 Å². The van der Waals surface area contributed by atoms with Crippen molar-refractivity contribution in [2.45, 2.75) is 6.42 Å². The van der Waals surface area contributed by atoms with Crippen LogP contribution in [-0.4, -0.2) is 27.8 Å². The van der Waals surface area contributed by atoms with Gasteiger partial charge in [0.05, 0.1) is 11.3 Å². The van der Waals surface area contributed by atoms with Crippen molar-refractivity contribution in [3.05, 3.63) is 75.7 Å². The highest BCUT2D eigenvalue weighted by atomic mass is 16.7. The van der Waals surface area contributed by atoms with Crippen molar-refractivity contribution < 1.29 is 23.6 Å². The predicted molar refractivity (Wildman–Crippen MR) is 100 cm³/mol. The minimum atomic E-state index is -0.489. The molecule has 1 N–H and O–H groups in total. The van der Waals surface area contributed by atoms with Crippen LogP contribution in [0, 0.1) is 10.1 Å². The molecule has 0 saturated heterocycles. The third kappa shape index (κ3) is 4.38. The lowest BCUT2D eigenvalue weighted by Crippen LogP contribution is -2.07. The number of nitrogens with one attached hydrogen (secondary N) is 1. The lowest BCUT2D eigenvalue weighted by Gasteiger charge is -2.00. The minimum absolute atomic E-state index is 0.0209. The van der Waals surface area contributed by atoms with Gasteiger partial charge in [0.2, 0.25) is 12.7 Å². The van der Waals surface area contributed by atoms with Crippen molar-refractivity contribution in [1.82, 2.24) is 10.2 Å². The van der Waals surface area contributed by atoms with Gasteiger partial charge in [0.25, 0.3) is 11.6 Å². The van der Waals surface area contributed by atoms with Crippen LogP contribution in [0.5, 0.6) is 11.5 Å². The molecule has 0 saturated carbocycles. The molecule has 0 fully saturated rings. The number of non-ortho nitro benzene ring substituents is 1. The summed E-state index contributed by atoms with van der Waals surface area (Å²) < 4.78 is 16.0. The topological polar surface area (TPSA) is 130 Å². The zero-order valence-corrected chi connectivity index (χ0v) is 14.9. The first kappa shape index (κ1) is 18.2. The number of hydrogen-bond donors (Lipinski definition) is 1. The van der Waals surface area contributed by atoms with E-state index in [1.807, 2.05) is 12.1 Å². The maximum Gasteiger partial charge on any atom is 0.322 e. The lowest BCUT2D eigenvalue weighted by molar-refractivity contribution is -0.384. The largest absolute Gasteiger partial charge is 0.454 e. The van der Waals surface area contributed by atoms with Crippen LogP contribution in [0.4, 0.5) is 11.7 Å². The van der Waals surface area contributed by atoms with Gasteiger partial charge in [-0.05, 0) is 41.5 Å². The third-order valence-corrected chi connectivity index (χ3v) is 4.02. The van der Waals surface area contributed by atoms with Crippen molar-refractivity contribution in [2.75, 3.05) is 12.1 Å². The Morgan fingerprint density at radius 3 is 2.72 bits per heavy atom. The maximum atomic E-state index is 12.0. The van der Waals surface area contributed by atoms with Gasteiger partial charge in [-0.1, -0.05) is 11.2 Å². The fraction of sp³-hybridized carbons (Fsp3) is 0.105. The Hall–Kier alpha value is -4.21. The number of nitro benzene ring substituents is 1. The highest BCUT2D eigenvalue weighted by Crippen LogP contribution is 2.33. The molecule has 0 atom stereocenters. The Labute approximate surface area is 163 Å². The number of hydrogen-bond acceptors (Lipinski definition) is 8. The van der Waals surface area contributed by atoms with Crippen LogP contribution in [0.15, 0.2) is 53.0 Å². The second kappa shape index (κ2) is 7.80. The Kier molecular flexibility index (Phi) is 4.89. The van der Waals surface area contributed by atoms with Crippen molar-refractivity contribution in [3.63, 3.8) is 0 Å². The van der Waals surface area contributed by atoms with E-state index in [0.717, 1.165) is 5.56 Å². The van der Waals surface area contributed by atoms with Crippen LogP contribution < -0.4 is 14.8 Å². The second-order valence-electron chi connectivity index (χ2n) is 6.04. The molecule has 0 unspecified atom stereocenters. The Morgan fingerprint density at radius 1 is 1.14 bits per heavy atom. The molecule has 2 aromatic carbocycles. The Bertz CT molecular complexity index is 1090. The summed E-state index contributed by atoms with van der Waals surface area (Å²) in [7, 11) is 0. The molecular formula is C19H14N4O6. The molecule has 3 aromatic rings. The number of fused-ring (bicyclic) bond motifs is 1. The average molecular weight is 394 g/mol. The molecule has 4 rings (SSSR count). The summed E-state index contributed by atoms with van der Waals surface area (Å²) in [6.45, 7) is 0.197. The van der Waals surface area contributed by atoms with Crippen LogP contribution >= 0.6 is 0 Å². The van der Waals surface area contributed by atoms with E-state index in [0.29, 0.717) is 29.4 Å². The van der Waals surface area contributed by atoms with E-state index in [-0.39, 0.29) is 18.5 Å². The first-order valence-corrected chi connectivity index (χ1v) is 8.51. The van der Waals surface area contributed by atoms with Gasteiger partial charge < -0.3 is 13.9 Å². The normalized spacial score (nSPS) is 12.3. The molecule has 29 heavy (non-hydrogen) atoms. The highest BCUT2D eigenvalue weighted by Gasteiger charge is 2.15. The molecule has 0 bridgehead atoms. The molecule has 1 aromatic heterocycles. The molecule has 0 radical (unpaired) electrons. The van der Waals surface area contributed by atoms with Gasteiger partial charge in [-0.25, -0.2) is 0 Å². The number of anilines is 1. The molecular weight excluding hydrogens is 380 g/mol. The number of ether oxygens (including phenoxy) is 2. The van der Waals surface area contributed by atoms with Gasteiger partial charge in [0, 0.05) is 18.2 Å². The van der Waals surface area contributed by atoms with Gasteiger partial charge >= 0.3 is 6.01 Å². The highest BCUT2D eigenvalue weighted by molar-refractivity contribution is 6.00. The first-order chi connectivity index (χ1) is 14.1. The predicted octanol–water partition coefficient (Wildman–Crippen LogP) is 2.95. The van der Waals surface area contributed by atoms with Gasteiger partial charge in [-0.3, -0.25) is 20.2 Å². The van der Waals surface area contributed by atoms with E-state index in [1.165, 1.54) is 36.4 Å². The van der Waals surface area contributed by atoms with Gasteiger partial charge in [-0.2, -0.15) is 0 Å². The third-order valence-electron chi connectivity index (χ3n) is 4.02. The molecule has 146 valence electrons. The lowest BCUT2D eigenvalue weighted by atomic mass is 10.1. The number of aromatic nitrogens is 2. The van der Waals surface area contributed by atoms with Crippen molar-refractivity contribution in [1.29, 1.82) is 0 Å². The fourth-order valence-corrected chi connectivity index (χ4v) is 2.63. The van der Waals surface area contributed by atoms with Crippen LogP contribution in [0.1, 0.15) is 17.0 Å². The van der Waals surface area contributed by atoms with E-state index < -0.39 is 10.8 Å². The second-order valence-corrected chi connectivity index (χ2v) is 6.04. The van der Waals surface area contributed by atoms with Crippen LogP contribution in [-0.2, 0) is 11.2 Å². The number of nitrogens with zero attached hydrogens (tertiary/aromatic N) is 3. The van der Waals surface area contributed by atoms with E-state index in [2.05, 4.69) is 15.5 Å². The minimum Gasteiger partial charge on any atom is -0.454 e. The van der Waals surface area contributed by atoms with Crippen molar-refractivity contribution in [3.8, 4) is 11.5 Å². The number of amides is 1. The number of rotatable bonds is 6. The molecule has 1 amide bonds. The molecule has 0 spiro atoms. The Morgan fingerprint density at radius 2 is 1.93 bits per heavy atom. The smallest absolute Gasteiger partial charge is 0.322 e. The standard InChI is InChI=1S/C19H14N4O6/c24-17(8-4-12-1-5-14(6-2-12)23(25)26)20-19-22-21-18(29-19)10-13-3-7-15-16(9-13)28-11-27-15/h1-9H,10-11H2,(H,20,22,24). The average Bonchev–Trinajstić information content (AvgIpc) is 3.35. The number of benzene rings is 2. The van der Waals surface area contributed by atoms with Crippen LogP contribution in [0.25, 0.3) is 6.08 Å². The fourth-order valence-electron chi connectivity index (χ4n) is 2.63. The van der Waals surface area contributed by atoms with Crippen molar-refractivity contribution in [2.24, 2.45) is 0 Å². The van der Waals surface area contributed by atoms with Crippen LogP contribution in [0.3, 0.4) is 0 Å². The summed E-state index contributed by atoms with van der Waals surface area (Å²) in [5, 5.41) is 20.8. The summed E-state index contributed by atoms with van der Waals surface area (Å²) >= 11 is 0. The van der Waals surface area contributed by atoms with Crippen LogP contribution in [0.2, 0.25) is 0 Å². The summed E-state index contributed by atoms with van der Waals surface area (Å²) in [4.78, 5) is 22.1. The summed E-state index contributed by atoms with van der Waals surface area (Å²) in [5.41, 5.74) is 1.51. The molecule has 10 nitrogen and oxygen atoms in total. The van der Waals surface area contributed by atoms with Crippen molar-refractivity contribution >= 4 is 23.7 Å². The number of nitro groups is 1. The van der Waals surface area contributed by atoms with Gasteiger partial charge in [-0.15, -0.1) is 5.10 Å². The number of carbonyl (C=O) groups is 1. The zero-order chi connectivity index (χ0) is 20.2. The molecule has 1 aliphatic heterocycles. The first-order valence-electron chi connectivity index (χ1n) is 8.51. The maximum absolute atomic E-state index is 12.0. The summed E-state index contributed by atoms with van der Waals surface area (Å²) in [5.74, 6) is 1.21. The summed E-state index contributed by atoms with van der Waals surface area (Å²) in [6, 6.07) is 11.3. The SMILES string of the molecule is O=C(C=Cc1ccc([N+](=O)[O-])cc1)Nc1nnc(Cc2ccc3c(c2)OCO3)o1. The molecule has 1 aliphatic rings. The van der Waals surface area contributed by atoms with E-state index in [9.17, 15) is 14.9 Å². The zero-order valence-electron chi connectivity index (χ0n) is 14.9. The van der Waals surface area contributed by atoms with E-state index in [4.69, 9.17) is 13.9 Å². The quantitative estimate of drug-likeness (QED) is 0.384. The van der Waals surface area contributed by atoms with Gasteiger partial charge in [0.1, 0.15) is 0 Å². The molecule has 10 heteroatoms. The number of carbonyl (C=O) groups excluding carboxylic acids is 1. The Balaban J connectivity index is 1.34. The van der Waals surface area contributed by atoms with Gasteiger partial charge in [0.15, 0.2) is 11.5 Å². The summed E-state index contributed by atoms with van der Waals surface area (Å²) in [6.07, 6.45) is 3.16. The van der Waals surface area contributed by atoms with E-state index >= 15 is 0 Å². The monoisotopic (exact) mass is 394 g/mol. The molecule has 0 aliphatic carbocycles. The molecule has 2 heterocycles.